The zero-order valence-electron chi connectivity index (χ0n) is 28.3. The van der Waals surface area contributed by atoms with E-state index in [9.17, 15) is 19.2 Å². The molecule has 6 atom stereocenters. The second-order valence-electron chi connectivity index (χ2n) is 13.9. The van der Waals surface area contributed by atoms with Crippen molar-refractivity contribution in [2.24, 2.45) is 17.3 Å². The van der Waals surface area contributed by atoms with Gasteiger partial charge in [0, 0.05) is 30.3 Å². The fourth-order valence-corrected chi connectivity index (χ4v) is 5.71. The molecule has 2 heterocycles. The third-order valence-corrected chi connectivity index (χ3v) is 9.11. The van der Waals surface area contributed by atoms with E-state index in [4.69, 9.17) is 25.8 Å². The molecule has 0 saturated carbocycles. The molecular weight excluding hydrogens is 620 g/mol. The molecule has 0 bridgehead atoms. The van der Waals surface area contributed by atoms with Crippen molar-refractivity contribution in [3.8, 4) is 0 Å². The van der Waals surface area contributed by atoms with Crippen LogP contribution in [0.5, 0.6) is 0 Å². The van der Waals surface area contributed by atoms with E-state index in [1.54, 1.807) is 26.0 Å². The van der Waals surface area contributed by atoms with Crippen molar-refractivity contribution < 1.29 is 33.4 Å². The molecule has 2 aromatic carbocycles. The Balaban J connectivity index is 1.61. The minimum Gasteiger partial charge on any atom is -0.459 e. The van der Waals surface area contributed by atoms with Crippen molar-refractivity contribution in [2.75, 3.05) is 6.54 Å². The molecule has 0 spiro atoms. The van der Waals surface area contributed by atoms with E-state index in [1.165, 1.54) is 6.08 Å². The predicted molar refractivity (Wildman–Crippen MR) is 180 cm³/mol. The number of nitrogens with one attached hydrogen (secondary N) is 2. The summed E-state index contributed by atoms with van der Waals surface area (Å²) in [6.45, 7) is 12.9. The first-order valence-corrected chi connectivity index (χ1v) is 16.7. The van der Waals surface area contributed by atoms with Gasteiger partial charge < -0.3 is 24.8 Å². The van der Waals surface area contributed by atoms with Crippen LogP contribution in [-0.2, 0) is 39.8 Å². The van der Waals surface area contributed by atoms with Gasteiger partial charge in [0.2, 0.25) is 11.8 Å². The number of cyclic esters (lactones) is 2. The van der Waals surface area contributed by atoms with E-state index in [-0.39, 0.29) is 49.9 Å². The number of aryl methyl sites for hydroxylation is 2. The minimum absolute atomic E-state index is 0.0296. The molecule has 2 aliphatic heterocycles. The van der Waals surface area contributed by atoms with Crippen molar-refractivity contribution in [2.45, 2.75) is 98.2 Å². The third kappa shape index (κ3) is 9.91. The molecule has 2 N–H and O–H groups in total. The van der Waals surface area contributed by atoms with Gasteiger partial charge in [0.15, 0.2) is 6.10 Å². The maximum absolute atomic E-state index is 13.6. The Morgan fingerprint density at radius 3 is 2.34 bits per heavy atom. The largest absolute Gasteiger partial charge is 0.459 e. The van der Waals surface area contributed by atoms with Crippen molar-refractivity contribution >= 4 is 35.4 Å². The Labute approximate surface area is 282 Å². The fourth-order valence-electron chi connectivity index (χ4n) is 5.50. The van der Waals surface area contributed by atoms with E-state index in [2.05, 4.69) is 10.6 Å². The zero-order chi connectivity index (χ0) is 34.5. The van der Waals surface area contributed by atoms with Crippen LogP contribution in [-0.4, -0.2) is 54.7 Å². The number of amides is 2. The highest BCUT2D eigenvalue weighted by atomic mass is 35.5. The van der Waals surface area contributed by atoms with Crippen LogP contribution in [0.15, 0.2) is 54.6 Å². The summed E-state index contributed by atoms with van der Waals surface area (Å²) in [4.78, 5) is 53.6. The second kappa shape index (κ2) is 15.5. The van der Waals surface area contributed by atoms with Crippen LogP contribution in [0.3, 0.4) is 0 Å². The van der Waals surface area contributed by atoms with Crippen LogP contribution in [0.1, 0.15) is 75.8 Å². The van der Waals surface area contributed by atoms with Gasteiger partial charge in [-0.05, 0) is 68.9 Å². The minimum atomic E-state index is -1.18. The molecule has 9 nitrogen and oxygen atoms in total. The van der Waals surface area contributed by atoms with E-state index in [1.807, 2.05) is 71.0 Å². The molecule has 47 heavy (non-hydrogen) atoms. The van der Waals surface area contributed by atoms with Gasteiger partial charge in [-0.1, -0.05) is 80.4 Å². The number of rotatable bonds is 7. The highest BCUT2D eigenvalue weighted by Gasteiger charge is 2.48. The Morgan fingerprint density at radius 2 is 1.68 bits per heavy atom. The van der Waals surface area contributed by atoms with Gasteiger partial charge in [0.25, 0.3) is 0 Å². The van der Waals surface area contributed by atoms with Crippen LogP contribution in [0.25, 0.3) is 0 Å². The summed E-state index contributed by atoms with van der Waals surface area (Å²) in [5.41, 5.74) is 2.66. The van der Waals surface area contributed by atoms with Gasteiger partial charge in [0.1, 0.15) is 18.2 Å². The predicted octanol–water partition coefficient (Wildman–Crippen LogP) is 5.73. The lowest BCUT2D eigenvalue weighted by Gasteiger charge is -2.29. The SMILES string of the molecule is Cc1ccc([C@H]2O[C@@H]2[C@@H](C)[C@@H]2C/C=C/C(=O)N[C@H](Cc3ccc(C)c(Cl)c3)C(=O)NCC(C)(C)C(=O)O[C@@H](CC(C)C)C(=O)O2)cc1. The average molecular weight is 667 g/mol. The second-order valence-corrected chi connectivity index (χ2v) is 14.3. The van der Waals surface area contributed by atoms with Crippen LogP contribution in [0, 0.1) is 31.1 Å². The van der Waals surface area contributed by atoms with E-state index < -0.39 is 47.4 Å². The summed E-state index contributed by atoms with van der Waals surface area (Å²) in [6.07, 6.45) is 1.47. The Morgan fingerprint density at radius 1 is 0.979 bits per heavy atom. The van der Waals surface area contributed by atoms with E-state index >= 15 is 0 Å². The molecular formula is C37H47ClN2O7. The van der Waals surface area contributed by atoms with Gasteiger partial charge in [-0.25, -0.2) is 4.79 Å². The number of halogens is 1. The molecule has 0 unspecified atom stereocenters. The van der Waals surface area contributed by atoms with Crippen LogP contribution in [0.2, 0.25) is 5.02 Å². The van der Waals surface area contributed by atoms with E-state index in [0.29, 0.717) is 5.02 Å². The first-order chi connectivity index (χ1) is 22.1. The highest BCUT2D eigenvalue weighted by molar-refractivity contribution is 6.31. The van der Waals surface area contributed by atoms with Crippen LogP contribution < -0.4 is 10.6 Å². The van der Waals surface area contributed by atoms with Gasteiger partial charge in [-0.3, -0.25) is 14.4 Å². The molecule has 1 saturated heterocycles. The summed E-state index contributed by atoms with van der Waals surface area (Å²) in [5, 5.41) is 6.14. The molecule has 0 aliphatic carbocycles. The summed E-state index contributed by atoms with van der Waals surface area (Å²) < 4.78 is 17.9. The molecule has 0 aromatic heterocycles. The number of hydrogen-bond acceptors (Lipinski definition) is 7. The lowest BCUT2D eigenvalue weighted by atomic mass is 9.92. The first kappa shape index (κ1) is 36.2. The summed E-state index contributed by atoms with van der Waals surface area (Å²) in [5.74, 6) is -2.46. The summed E-state index contributed by atoms with van der Waals surface area (Å²) in [7, 11) is 0. The molecule has 254 valence electrons. The number of esters is 2. The van der Waals surface area contributed by atoms with Gasteiger partial charge in [-0.2, -0.15) is 0 Å². The van der Waals surface area contributed by atoms with Crippen molar-refractivity contribution in [3.05, 3.63) is 81.9 Å². The maximum Gasteiger partial charge on any atom is 0.347 e. The molecule has 2 aliphatic rings. The lowest BCUT2D eigenvalue weighted by Crippen LogP contribution is -2.51. The van der Waals surface area contributed by atoms with Crippen LogP contribution in [0.4, 0.5) is 0 Å². The quantitative estimate of drug-likeness (QED) is 0.286. The highest BCUT2D eigenvalue weighted by Crippen LogP contribution is 2.45. The summed E-state index contributed by atoms with van der Waals surface area (Å²) >= 11 is 6.33. The maximum atomic E-state index is 13.6. The summed E-state index contributed by atoms with van der Waals surface area (Å²) in [6, 6.07) is 12.6. The Kier molecular flexibility index (Phi) is 11.9. The number of benzene rings is 2. The van der Waals surface area contributed by atoms with Gasteiger partial charge in [-0.15, -0.1) is 0 Å². The first-order valence-electron chi connectivity index (χ1n) is 16.3. The lowest BCUT2D eigenvalue weighted by molar-refractivity contribution is -0.179. The standard InChI is InChI=1S/C37H47ClN2O7/c1-21(2)17-30-35(43)45-29(24(5)32-33(47-32)26-15-11-22(3)12-16-26)9-8-10-31(41)40-28(19-25-14-13-23(4)27(38)18-25)34(42)39-20-37(6,7)36(44)46-30/h8,10-16,18,21,24,28-30,32-33H,9,17,19-20H2,1-7H3,(H,39,42)(H,40,41)/b10-8+/t24-,28+,29-,30-,32+,33+/m0/s1. The zero-order valence-corrected chi connectivity index (χ0v) is 29.1. The fraction of sp³-hybridized carbons (Fsp3) is 0.514. The number of hydrogen-bond donors (Lipinski definition) is 2. The van der Waals surface area contributed by atoms with E-state index in [0.717, 1.165) is 22.3 Å². The average Bonchev–Trinajstić information content (AvgIpc) is 3.81. The number of ether oxygens (including phenoxy) is 3. The molecule has 2 amide bonds. The van der Waals surface area contributed by atoms with Gasteiger partial charge >= 0.3 is 11.9 Å². The van der Waals surface area contributed by atoms with Crippen molar-refractivity contribution in [1.29, 1.82) is 0 Å². The number of carbonyl (C=O) groups is 4. The number of epoxide rings is 1. The Bertz CT molecular complexity index is 1490. The third-order valence-electron chi connectivity index (χ3n) is 8.71. The topological polar surface area (TPSA) is 123 Å². The van der Waals surface area contributed by atoms with Gasteiger partial charge in [0.05, 0.1) is 11.5 Å². The Hall–Kier alpha value is -3.69. The molecule has 1 fully saturated rings. The van der Waals surface area contributed by atoms with Crippen molar-refractivity contribution in [3.63, 3.8) is 0 Å². The molecule has 0 radical (unpaired) electrons. The van der Waals surface area contributed by atoms with Crippen LogP contribution >= 0.6 is 11.6 Å². The van der Waals surface area contributed by atoms with Crippen molar-refractivity contribution in [1.82, 2.24) is 10.6 Å². The molecule has 10 heteroatoms. The number of carbonyl (C=O) groups excluding carboxylic acids is 4. The molecule has 4 rings (SSSR count). The smallest absolute Gasteiger partial charge is 0.347 e. The molecule has 2 aromatic rings. The monoisotopic (exact) mass is 666 g/mol. The normalized spacial score (nSPS) is 26.9.